The highest BCUT2D eigenvalue weighted by molar-refractivity contribution is 5.35. The Morgan fingerprint density at radius 2 is 1.80 bits per heavy atom. The van der Waals surface area contributed by atoms with Gasteiger partial charge in [0.1, 0.15) is 0 Å². The molecular weight excluding hydrogens is 314 g/mol. The van der Waals surface area contributed by atoms with Crippen molar-refractivity contribution in [2.75, 3.05) is 26.2 Å². The molecule has 25 heavy (non-hydrogen) atoms. The van der Waals surface area contributed by atoms with E-state index in [0.29, 0.717) is 0 Å². The highest BCUT2D eigenvalue weighted by Gasteiger charge is 2.23. The van der Waals surface area contributed by atoms with Gasteiger partial charge in [-0.1, -0.05) is 36.4 Å². The van der Waals surface area contributed by atoms with Crippen LogP contribution in [0.5, 0.6) is 0 Å². The van der Waals surface area contributed by atoms with Gasteiger partial charge in [0, 0.05) is 50.9 Å². The molecule has 0 amide bonds. The highest BCUT2D eigenvalue weighted by atomic mass is 16.6. The summed E-state index contributed by atoms with van der Waals surface area (Å²) in [7, 11) is 0. The number of hydrogen-bond acceptors (Lipinski definition) is 4. The zero-order chi connectivity index (χ0) is 17.8. The molecule has 1 heterocycles. The molecule has 1 unspecified atom stereocenters. The second kappa shape index (κ2) is 7.76. The van der Waals surface area contributed by atoms with Crippen molar-refractivity contribution < 1.29 is 4.92 Å². The Morgan fingerprint density at radius 3 is 2.48 bits per heavy atom. The van der Waals surface area contributed by atoms with E-state index in [1.807, 2.05) is 6.07 Å². The van der Waals surface area contributed by atoms with Gasteiger partial charge in [-0.2, -0.15) is 0 Å². The van der Waals surface area contributed by atoms with Gasteiger partial charge in [-0.15, -0.1) is 0 Å². The molecule has 0 N–H and O–H groups in total. The van der Waals surface area contributed by atoms with Gasteiger partial charge in [0.2, 0.25) is 0 Å². The Kier molecular flexibility index (Phi) is 5.46. The van der Waals surface area contributed by atoms with Crippen molar-refractivity contribution in [3.05, 3.63) is 75.3 Å². The third kappa shape index (κ3) is 4.24. The van der Waals surface area contributed by atoms with Crippen molar-refractivity contribution in [1.29, 1.82) is 0 Å². The lowest BCUT2D eigenvalue weighted by atomic mass is 10.0. The third-order valence-electron chi connectivity index (χ3n) is 5.17. The molecule has 2 aromatic rings. The van der Waals surface area contributed by atoms with Gasteiger partial charge in [0.15, 0.2) is 0 Å². The van der Waals surface area contributed by atoms with Crippen molar-refractivity contribution >= 4 is 5.69 Å². The molecule has 0 spiro atoms. The summed E-state index contributed by atoms with van der Waals surface area (Å²) in [5, 5.41) is 11.0. The molecular formula is C20H25N3O2. The summed E-state index contributed by atoms with van der Waals surface area (Å²) in [4.78, 5) is 15.6. The van der Waals surface area contributed by atoms with Gasteiger partial charge >= 0.3 is 0 Å². The number of hydrogen-bond donors (Lipinski definition) is 0. The minimum Gasteiger partial charge on any atom is -0.297 e. The molecule has 2 aromatic carbocycles. The van der Waals surface area contributed by atoms with Crippen LogP contribution in [0.15, 0.2) is 48.5 Å². The number of aryl methyl sites for hydroxylation is 1. The van der Waals surface area contributed by atoms with Crippen LogP contribution < -0.4 is 0 Å². The number of non-ortho nitro benzene ring substituents is 1. The summed E-state index contributed by atoms with van der Waals surface area (Å²) in [6.07, 6.45) is 0. The first-order valence-corrected chi connectivity index (χ1v) is 8.80. The maximum atomic E-state index is 11.0. The average Bonchev–Trinajstić information content (AvgIpc) is 2.64. The topological polar surface area (TPSA) is 49.6 Å². The fourth-order valence-electron chi connectivity index (χ4n) is 3.45. The predicted molar refractivity (Wildman–Crippen MR) is 99.5 cm³/mol. The Bertz CT molecular complexity index is 739. The zero-order valence-corrected chi connectivity index (χ0v) is 14.9. The van der Waals surface area contributed by atoms with Gasteiger partial charge in [-0.3, -0.25) is 19.9 Å². The van der Waals surface area contributed by atoms with E-state index in [4.69, 9.17) is 0 Å². The van der Waals surface area contributed by atoms with Crippen molar-refractivity contribution in [3.63, 3.8) is 0 Å². The van der Waals surface area contributed by atoms with E-state index in [1.165, 1.54) is 11.1 Å². The zero-order valence-electron chi connectivity index (χ0n) is 14.9. The standard InChI is InChI=1S/C20H25N3O2/c1-16-6-3-4-7-19(16)15-21-10-12-22(13-11-21)17(2)18-8-5-9-20(14-18)23(24)25/h3-9,14,17H,10-13,15H2,1-2H3. The number of piperazine rings is 1. The molecule has 1 aliphatic rings. The number of nitro benzene ring substituents is 1. The summed E-state index contributed by atoms with van der Waals surface area (Å²) in [5.74, 6) is 0. The molecule has 3 rings (SSSR count). The van der Waals surface area contributed by atoms with Gasteiger partial charge < -0.3 is 0 Å². The smallest absolute Gasteiger partial charge is 0.269 e. The van der Waals surface area contributed by atoms with Crippen LogP contribution in [-0.4, -0.2) is 40.9 Å². The molecule has 0 radical (unpaired) electrons. The van der Waals surface area contributed by atoms with E-state index in [-0.39, 0.29) is 16.7 Å². The summed E-state index contributed by atoms with van der Waals surface area (Å²) in [6.45, 7) is 9.30. The monoisotopic (exact) mass is 339 g/mol. The minimum absolute atomic E-state index is 0.169. The van der Waals surface area contributed by atoms with Crippen LogP contribution in [0.2, 0.25) is 0 Å². The summed E-state index contributed by atoms with van der Waals surface area (Å²) >= 11 is 0. The highest BCUT2D eigenvalue weighted by Crippen LogP contribution is 2.25. The summed E-state index contributed by atoms with van der Waals surface area (Å²) in [6, 6.07) is 15.8. The Balaban J connectivity index is 1.59. The lowest BCUT2D eigenvalue weighted by molar-refractivity contribution is -0.385. The Labute approximate surface area is 149 Å². The first kappa shape index (κ1) is 17.6. The Hall–Kier alpha value is -2.24. The van der Waals surface area contributed by atoms with E-state index in [1.54, 1.807) is 18.2 Å². The van der Waals surface area contributed by atoms with Crippen LogP contribution in [0.1, 0.15) is 29.7 Å². The quantitative estimate of drug-likeness (QED) is 0.614. The second-order valence-corrected chi connectivity index (χ2v) is 6.77. The lowest BCUT2D eigenvalue weighted by Gasteiger charge is -2.38. The maximum absolute atomic E-state index is 11.0. The first-order chi connectivity index (χ1) is 12.0. The molecule has 0 aliphatic carbocycles. The van der Waals surface area contributed by atoms with E-state index < -0.39 is 0 Å². The van der Waals surface area contributed by atoms with E-state index >= 15 is 0 Å². The van der Waals surface area contributed by atoms with Crippen LogP contribution >= 0.6 is 0 Å². The molecule has 132 valence electrons. The Morgan fingerprint density at radius 1 is 1.08 bits per heavy atom. The number of nitro groups is 1. The van der Waals surface area contributed by atoms with Crippen molar-refractivity contribution in [3.8, 4) is 0 Å². The van der Waals surface area contributed by atoms with Gasteiger partial charge in [0.05, 0.1) is 4.92 Å². The fourth-order valence-corrected chi connectivity index (χ4v) is 3.45. The SMILES string of the molecule is Cc1ccccc1CN1CCN(C(C)c2cccc([N+](=O)[O-])c2)CC1. The summed E-state index contributed by atoms with van der Waals surface area (Å²) < 4.78 is 0. The van der Waals surface area contributed by atoms with Crippen LogP contribution in [0, 0.1) is 17.0 Å². The normalized spacial score (nSPS) is 17.4. The first-order valence-electron chi connectivity index (χ1n) is 8.80. The molecule has 5 nitrogen and oxygen atoms in total. The van der Waals surface area contributed by atoms with Crippen molar-refractivity contribution in [2.24, 2.45) is 0 Å². The molecule has 1 aliphatic heterocycles. The largest absolute Gasteiger partial charge is 0.297 e. The van der Waals surface area contributed by atoms with Crippen LogP contribution in [0.4, 0.5) is 5.69 Å². The van der Waals surface area contributed by atoms with E-state index in [2.05, 4.69) is 47.9 Å². The second-order valence-electron chi connectivity index (χ2n) is 6.77. The minimum atomic E-state index is -0.323. The van der Waals surface area contributed by atoms with E-state index in [9.17, 15) is 10.1 Å². The van der Waals surface area contributed by atoms with Gasteiger partial charge in [0.25, 0.3) is 5.69 Å². The van der Waals surface area contributed by atoms with Crippen molar-refractivity contribution in [1.82, 2.24) is 9.80 Å². The van der Waals surface area contributed by atoms with E-state index in [0.717, 1.165) is 38.3 Å². The molecule has 5 heteroatoms. The lowest BCUT2D eigenvalue weighted by Crippen LogP contribution is -2.46. The number of benzene rings is 2. The molecule has 0 bridgehead atoms. The van der Waals surface area contributed by atoms with Crippen molar-refractivity contribution in [2.45, 2.75) is 26.4 Å². The molecule has 1 fully saturated rings. The van der Waals surface area contributed by atoms with Crippen LogP contribution in [-0.2, 0) is 6.54 Å². The number of rotatable bonds is 5. The van der Waals surface area contributed by atoms with Gasteiger partial charge in [-0.25, -0.2) is 0 Å². The average molecular weight is 339 g/mol. The van der Waals surface area contributed by atoms with Gasteiger partial charge in [-0.05, 0) is 30.5 Å². The predicted octanol–water partition coefficient (Wildman–Crippen LogP) is 3.78. The van der Waals surface area contributed by atoms with Crippen LogP contribution in [0.25, 0.3) is 0 Å². The number of nitrogens with zero attached hydrogens (tertiary/aromatic N) is 3. The molecule has 1 saturated heterocycles. The van der Waals surface area contributed by atoms with Crippen LogP contribution in [0.3, 0.4) is 0 Å². The third-order valence-corrected chi connectivity index (χ3v) is 5.17. The maximum Gasteiger partial charge on any atom is 0.269 e. The molecule has 1 atom stereocenters. The molecule has 0 aromatic heterocycles. The summed E-state index contributed by atoms with van der Waals surface area (Å²) in [5.41, 5.74) is 3.92. The molecule has 0 saturated carbocycles. The fraction of sp³-hybridized carbons (Fsp3) is 0.400.